The van der Waals surface area contributed by atoms with Gasteiger partial charge in [0.25, 0.3) is 0 Å². The Balaban J connectivity index is 2.95. The normalized spacial score (nSPS) is 13.6. The highest BCUT2D eigenvalue weighted by atomic mass is 35.5. The minimum Gasteiger partial charge on any atom is -0.395 e. The lowest BCUT2D eigenvalue weighted by atomic mass is 9.74. The molecule has 0 saturated heterocycles. The quantitative estimate of drug-likeness (QED) is 0.797. The Morgan fingerprint density at radius 3 is 2.17 bits per heavy atom. The van der Waals surface area contributed by atoms with Crippen molar-refractivity contribution in [3.05, 3.63) is 34.9 Å². The molecule has 1 aromatic rings. The number of benzene rings is 1. The van der Waals surface area contributed by atoms with E-state index in [9.17, 15) is 10.2 Å². The van der Waals surface area contributed by atoms with E-state index in [0.717, 1.165) is 24.8 Å². The summed E-state index contributed by atoms with van der Waals surface area (Å²) >= 11 is 5.88. The summed E-state index contributed by atoms with van der Waals surface area (Å²) in [7, 11) is 0. The lowest BCUT2D eigenvalue weighted by Crippen LogP contribution is -2.36. The van der Waals surface area contributed by atoms with Gasteiger partial charge in [0.05, 0.1) is 13.2 Å². The molecule has 2 N–H and O–H groups in total. The average Bonchev–Trinajstić information content (AvgIpc) is 2.37. The van der Waals surface area contributed by atoms with Gasteiger partial charge < -0.3 is 10.2 Å². The van der Waals surface area contributed by atoms with Crippen molar-refractivity contribution < 1.29 is 10.2 Å². The Labute approximate surface area is 115 Å². The highest BCUT2D eigenvalue weighted by Crippen LogP contribution is 2.33. The molecule has 0 aromatic heterocycles. The maximum Gasteiger partial charge on any atom is 0.0550 e. The van der Waals surface area contributed by atoms with Gasteiger partial charge in [0.15, 0.2) is 0 Å². The molecule has 1 aromatic carbocycles. The van der Waals surface area contributed by atoms with Crippen LogP contribution in [0.2, 0.25) is 5.02 Å². The maximum atomic E-state index is 9.72. The van der Waals surface area contributed by atoms with E-state index in [0.29, 0.717) is 10.9 Å². The molecule has 0 amide bonds. The summed E-state index contributed by atoms with van der Waals surface area (Å²) in [5, 5.41) is 20.1. The molecule has 3 heteroatoms. The number of hydrogen-bond donors (Lipinski definition) is 2. The minimum atomic E-state index is -0.556. The van der Waals surface area contributed by atoms with Crippen LogP contribution in [0.15, 0.2) is 24.3 Å². The molecule has 102 valence electrons. The van der Waals surface area contributed by atoms with Crippen LogP contribution in [0.5, 0.6) is 0 Å². The lowest BCUT2D eigenvalue weighted by molar-refractivity contribution is 0.0956. The van der Waals surface area contributed by atoms with Gasteiger partial charge in [-0.05, 0) is 30.0 Å². The van der Waals surface area contributed by atoms with Crippen molar-refractivity contribution in [3.63, 3.8) is 0 Å². The summed E-state index contributed by atoms with van der Waals surface area (Å²) in [5.41, 5.74) is 0.402. The summed E-state index contributed by atoms with van der Waals surface area (Å²) in [6.45, 7) is 4.23. The van der Waals surface area contributed by atoms with Crippen molar-refractivity contribution >= 4 is 11.6 Å². The van der Waals surface area contributed by atoms with Gasteiger partial charge in [-0.2, -0.15) is 0 Å². The van der Waals surface area contributed by atoms with Crippen molar-refractivity contribution in [1.29, 1.82) is 0 Å². The molecule has 1 atom stereocenters. The van der Waals surface area contributed by atoms with Crippen LogP contribution in [-0.4, -0.2) is 23.4 Å². The van der Waals surface area contributed by atoms with Crippen LogP contribution in [0.1, 0.15) is 38.7 Å². The molecule has 0 radical (unpaired) electrons. The first kappa shape index (κ1) is 15.5. The summed E-state index contributed by atoms with van der Waals surface area (Å²) in [6.07, 6.45) is 3.01. The van der Waals surface area contributed by atoms with Crippen LogP contribution in [0.25, 0.3) is 0 Å². The van der Waals surface area contributed by atoms with E-state index in [1.54, 1.807) is 12.1 Å². The molecule has 1 unspecified atom stereocenters. The fourth-order valence-electron chi connectivity index (χ4n) is 2.54. The molecule has 0 heterocycles. The van der Waals surface area contributed by atoms with Gasteiger partial charge >= 0.3 is 0 Å². The lowest BCUT2D eigenvalue weighted by Gasteiger charge is -2.33. The van der Waals surface area contributed by atoms with Gasteiger partial charge in [-0.1, -0.05) is 50.4 Å². The second-order valence-electron chi connectivity index (χ2n) is 5.20. The summed E-state index contributed by atoms with van der Waals surface area (Å²) in [4.78, 5) is 0. The Kier molecular flexibility index (Phi) is 6.13. The van der Waals surface area contributed by atoms with Crippen LogP contribution >= 0.6 is 11.6 Å². The zero-order chi connectivity index (χ0) is 13.6. The van der Waals surface area contributed by atoms with Crippen molar-refractivity contribution in [2.45, 2.75) is 38.5 Å². The van der Waals surface area contributed by atoms with E-state index in [2.05, 4.69) is 13.8 Å². The van der Waals surface area contributed by atoms with Crippen molar-refractivity contribution in [3.8, 4) is 0 Å². The van der Waals surface area contributed by atoms with Crippen LogP contribution < -0.4 is 0 Å². The molecule has 2 nitrogen and oxygen atoms in total. The number of aliphatic hydroxyl groups excluding tert-OH is 2. The molecular formula is C15H23ClO2. The standard InChI is InChI=1S/C15H23ClO2/c1-3-4-12(2)9-15(10-17,11-18)13-5-7-14(16)8-6-13/h5-8,12,17-18H,3-4,9-11H2,1-2H3. The summed E-state index contributed by atoms with van der Waals surface area (Å²) in [5.74, 6) is 0.477. The Hall–Kier alpha value is -0.570. The van der Waals surface area contributed by atoms with E-state index in [1.807, 2.05) is 12.1 Å². The van der Waals surface area contributed by atoms with Crippen molar-refractivity contribution in [2.24, 2.45) is 5.92 Å². The number of halogens is 1. The van der Waals surface area contributed by atoms with E-state index < -0.39 is 5.41 Å². The molecule has 0 spiro atoms. The van der Waals surface area contributed by atoms with E-state index >= 15 is 0 Å². The fraction of sp³-hybridized carbons (Fsp3) is 0.600. The third-order valence-corrected chi connectivity index (χ3v) is 3.83. The average molecular weight is 271 g/mol. The fourth-order valence-corrected chi connectivity index (χ4v) is 2.67. The first-order chi connectivity index (χ1) is 8.57. The third kappa shape index (κ3) is 3.71. The topological polar surface area (TPSA) is 40.5 Å². The first-order valence-corrected chi connectivity index (χ1v) is 6.93. The Morgan fingerprint density at radius 1 is 1.17 bits per heavy atom. The monoisotopic (exact) mass is 270 g/mol. The van der Waals surface area contributed by atoms with Gasteiger partial charge in [-0.25, -0.2) is 0 Å². The van der Waals surface area contributed by atoms with Gasteiger partial charge in [-0.15, -0.1) is 0 Å². The molecule has 18 heavy (non-hydrogen) atoms. The predicted molar refractivity (Wildman–Crippen MR) is 76.0 cm³/mol. The Morgan fingerprint density at radius 2 is 1.72 bits per heavy atom. The second-order valence-corrected chi connectivity index (χ2v) is 5.64. The van der Waals surface area contributed by atoms with Gasteiger partial charge in [0.2, 0.25) is 0 Å². The van der Waals surface area contributed by atoms with Gasteiger partial charge in [0.1, 0.15) is 0 Å². The molecule has 0 aliphatic rings. The first-order valence-electron chi connectivity index (χ1n) is 6.55. The summed E-state index contributed by atoms with van der Waals surface area (Å²) < 4.78 is 0. The van der Waals surface area contributed by atoms with Crippen LogP contribution in [0.4, 0.5) is 0 Å². The smallest absolute Gasteiger partial charge is 0.0550 e. The number of aliphatic hydroxyl groups is 2. The molecule has 0 fully saturated rings. The maximum absolute atomic E-state index is 9.72. The molecular weight excluding hydrogens is 248 g/mol. The van der Waals surface area contributed by atoms with Crippen LogP contribution in [0, 0.1) is 5.92 Å². The van der Waals surface area contributed by atoms with Gasteiger partial charge in [-0.3, -0.25) is 0 Å². The van der Waals surface area contributed by atoms with Crippen LogP contribution in [0.3, 0.4) is 0 Å². The highest BCUT2D eigenvalue weighted by molar-refractivity contribution is 6.30. The molecule has 0 bridgehead atoms. The largest absolute Gasteiger partial charge is 0.395 e. The molecule has 1 rings (SSSR count). The highest BCUT2D eigenvalue weighted by Gasteiger charge is 2.32. The van der Waals surface area contributed by atoms with E-state index in [1.165, 1.54) is 0 Å². The molecule has 0 aliphatic heterocycles. The van der Waals surface area contributed by atoms with Crippen molar-refractivity contribution in [1.82, 2.24) is 0 Å². The van der Waals surface area contributed by atoms with E-state index in [4.69, 9.17) is 11.6 Å². The third-order valence-electron chi connectivity index (χ3n) is 3.58. The number of hydrogen-bond acceptors (Lipinski definition) is 2. The molecule has 0 aliphatic carbocycles. The Bertz CT molecular complexity index is 344. The molecule has 0 saturated carbocycles. The predicted octanol–water partition coefficient (Wildman–Crippen LogP) is 3.39. The van der Waals surface area contributed by atoms with E-state index in [-0.39, 0.29) is 13.2 Å². The zero-order valence-electron chi connectivity index (χ0n) is 11.2. The second kappa shape index (κ2) is 7.13. The van der Waals surface area contributed by atoms with Crippen molar-refractivity contribution in [2.75, 3.05) is 13.2 Å². The van der Waals surface area contributed by atoms with Gasteiger partial charge in [0, 0.05) is 10.4 Å². The minimum absolute atomic E-state index is 0.0425. The zero-order valence-corrected chi connectivity index (χ0v) is 12.0. The van der Waals surface area contributed by atoms with Crippen LogP contribution in [-0.2, 0) is 5.41 Å². The number of rotatable bonds is 7. The summed E-state index contributed by atoms with van der Waals surface area (Å²) in [6, 6.07) is 7.41. The SMILES string of the molecule is CCCC(C)CC(CO)(CO)c1ccc(Cl)cc1.